The first-order chi connectivity index (χ1) is 9.22. The number of carbonyl (C=O) groups excluding carboxylic acids is 1. The van der Waals surface area contributed by atoms with Crippen LogP contribution in [0.15, 0.2) is 30.2 Å². The summed E-state index contributed by atoms with van der Waals surface area (Å²) >= 11 is 1.71. The van der Waals surface area contributed by atoms with Gasteiger partial charge in [0.15, 0.2) is 5.69 Å². The zero-order valence-electron chi connectivity index (χ0n) is 10.7. The minimum atomic E-state index is -0.459. The average molecular weight is 277 g/mol. The van der Waals surface area contributed by atoms with Gasteiger partial charge in [0, 0.05) is 17.8 Å². The van der Waals surface area contributed by atoms with E-state index in [4.69, 9.17) is 4.74 Å². The zero-order valence-corrected chi connectivity index (χ0v) is 11.5. The first-order valence-corrected chi connectivity index (χ1v) is 6.81. The van der Waals surface area contributed by atoms with Gasteiger partial charge in [0.25, 0.3) is 0 Å². The highest BCUT2D eigenvalue weighted by molar-refractivity contribution is 7.09. The maximum Gasteiger partial charge on any atom is 0.361 e. The molecule has 2 aromatic heterocycles. The molecule has 2 heterocycles. The Hall–Kier alpha value is -1.95. The SMILES string of the molecule is C=CCOC(=O)c1nnn(CCc2cccs2)c1C. The van der Waals surface area contributed by atoms with Crippen LogP contribution >= 0.6 is 11.3 Å². The third-order valence-electron chi connectivity index (χ3n) is 2.66. The van der Waals surface area contributed by atoms with Crippen molar-refractivity contribution in [1.82, 2.24) is 15.0 Å². The summed E-state index contributed by atoms with van der Waals surface area (Å²) in [5.41, 5.74) is 0.999. The van der Waals surface area contributed by atoms with Gasteiger partial charge in [-0.3, -0.25) is 0 Å². The second-order valence-electron chi connectivity index (χ2n) is 3.96. The van der Waals surface area contributed by atoms with Gasteiger partial charge >= 0.3 is 5.97 Å². The Morgan fingerprint density at radius 3 is 3.16 bits per heavy atom. The third-order valence-corrected chi connectivity index (χ3v) is 3.59. The van der Waals surface area contributed by atoms with Crippen molar-refractivity contribution < 1.29 is 9.53 Å². The summed E-state index contributed by atoms with van der Waals surface area (Å²) in [6.07, 6.45) is 2.40. The molecule has 0 spiro atoms. The van der Waals surface area contributed by atoms with E-state index in [0.717, 1.165) is 12.1 Å². The van der Waals surface area contributed by atoms with Crippen LogP contribution in [0.1, 0.15) is 21.1 Å². The van der Waals surface area contributed by atoms with Crippen LogP contribution in [-0.2, 0) is 17.7 Å². The number of rotatable bonds is 6. The van der Waals surface area contributed by atoms with Gasteiger partial charge in [0.2, 0.25) is 0 Å². The number of aryl methyl sites for hydroxylation is 2. The molecular weight excluding hydrogens is 262 g/mol. The van der Waals surface area contributed by atoms with Crippen molar-refractivity contribution in [3.8, 4) is 0 Å². The molecule has 0 saturated heterocycles. The highest BCUT2D eigenvalue weighted by atomic mass is 32.1. The summed E-state index contributed by atoms with van der Waals surface area (Å²) in [6, 6.07) is 4.10. The van der Waals surface area contributed by atoms with Gasteiger partial charge in [-0.15, -0.1) is 16.4 Å². The van der Waals surface area contributed by atoms with E-state index in [9.17, 15) is 4.79 Å². The Morgan fingerprint density at radius 1 is 1.63 bits per heavy atom. The van der Waals surface area contributed by atoms with Crippen molar-refractivity contribution in [2.75, 3.05) is 6.61 Å². The Balaban J connectivity index is 2.01. The van der Waals surface area contributed by atoms with E-state index in [-0.39, 0.29) is 12.3 Å². The van der Waals surface area contributed by atoms with E-state index in [1.807, 2.05) is 18.4 Å². The summed E-state index contributed by atoms with van der Waals surface area (Å²) in [7, 11) is 0. The van der Waals surface area contributed by atoms with Crippen molar-refractivity contribution in [1.29, 1.82) is 0 Å². The summed E-state index contributed by atoms with van der Waals surface area (Å²) in [5, 5.41) is 9.91. The molecule has 2 aromatic rings. The number of hydrogen-bond acceptors (Lipinski definition) is 5. The monoisotopic (exact) mass is 277 g/mol. The lowest BCUT2D eigenvalue weighted by molar-refractivity contribution is 0.0542. The van der Waals surface area contributed by atoms with Crippen LogP contribution in [0, 0.1) is 6.92 Å². The Bertz CT molecular complexity index is 560. The molecule has 5 nitrogen and oxygen atoms in total. The Kier molecular flexibility index (Phi) is 4.46. The minimum Gasteiger partial charge on any atom is -0.457 e. The van der Waals surface area contributed by atoms with Crippen molar-refractivity contribution in [3.05, 3.63) is 46.4 Å². The van der Waals surface area contributed by atoms with E-state index in [1.165, 1.54) is 11.0 Å². The number of ether oxygens (including phenoxy) is 1. The molecule has 100 valence electrons. The number of carbonyl (C=O) groups is 1. The Morgan fingerprint density at radius 2 is 2.47 bits per heavy atom. The van der Waals surface area contributed by atoms with Crippen LogP contribution < -0.4 is 0 Å². The van der Waals surface area contributed by atoms with Crippen molar-refractivity contribution in [3.63, 3.8) is 0 Å². The van der Waals surface area contributed by atoms with E-state index in [2.05, 4.69) is 23.0 Å². The molecule has 0 radical (unpaired) electrons. The maximum atomic E-state index is 11.7. The lowest BCUT2D eigenvalue weighted by atomic mass is 10.3. The molecule has 0 unspecified atom stereocenters. The summed E-state index contributed by atoms with van der Waals surface area (Å²) in [5.74, 6) is -0.459. The number of nitrogens with zero attached hydrogens (tertiary/aromatic N) is 3. The zero-order chi connectivity index (χ0) is 13.7. The van der Waals surface area contributed by atoms with Crippen LogP contribution in [0.3, 0.4) is 0 Å². The molecule has 0 aliphatic carbocycles. The maximum absolute atomic E-state index is 11.7. The second kappa shape index (κ2) is 6.29. The quantitative estimate of drug-likeness (QED) is 0.600. The van der Waals surface area contributed by atoms with Crippen LogP contribution in [0.2, 0.25) is 0 Å². The predicted octanol–water partition coefficient (Wildman–Crippen LogP) is 2.23. The molecule has 0 N–H and O–H groups in total. The van der Waals surface area contributed by atoms with Crippen molar-refractivity contribution >= 4 is 17.3 Å². The van der Waals surface area contributed by atoms with Gasteiger partial charge in [-0.1, -0.05) is 23.9 Å². The molecule has 0 atom stereocenters. The van der Waals surface area contributed by atoms with Crippen LogP contribution in [0.25, 0.3) is 0 Å². The number of aromatic nitrogens is 3. The van der Waals surface area contributed by atoms with Gasteiger partial charge in [-0.2, -0.15) is 0 Å². The first kappa shape index (κ1) is 13.5. The van der Waals surface area contributed by atoms with E-state index >= 15 is 0 Å². The fourth-order valence-corrected chi connectivity index (χ4v) is 2.33. The van der Waals surface area contributed by atoms with E-state index in [0.29, 0.717) is 6.54 Å². The topological polar surface area (TPSA) is 57.0 Å². The predicted molar refractivity (Wildman–Crippen MR) is 73.3 cm³/mol. The standard InChI is InChI=1S/C13H15N3O2S/c1-3-8-18-13(17)12-10(2)16(15-14-12)7-6-11-5-4-9-19-11/h3-5,9H,1,6-8H2,2H3. The molecule has 0 aliphatic heterocycles. The molecule has 0 bridgehead atoms. The minimum absolute atomic E-state index is 0.181. The number of hydrogen-bond donors (Lipinski definition) is 0. The molecule has 19 heavy (non-hydrogen) atoms. The lowest BCUT2D eigenvalue weighted by Crippen LogP contribution is -2.09. The molecule has 2 rings (SSSR count). The van der Waals surface area contributed by atoms with Gasteiger partial charge in [-0.25, -0.2) is 9.48 Å². The van der Waals surface area contributed by atoms with Crippen LogP contribution in [0.4, 0.5) is 0 Å². The smallest absolute Gasteiger partial charge is 0.361 e. The summed E-state index contributed by atoms with van der Waals surface area (Å²) < 4.78 is 6.68. The Labute approximate surface area is 115 Å². The molecule has 0 aromatic carbocycles. The average Bonchev–Trinajstić information content (AvgIpc) is 3.03. The first-order valence-electron chi connectivity index (χ1n) is 5.93. The summed E-state index contributed by atoms with van der Waals surface area (Å²) in [4.78, 5) is 13.0. The fraction of sp³-hybridized carbons (Fsp3) is 0.308. The van der Waals surface area contributed by atoms with Crippen molar-refractivity contribution in [2.45, 2.75) is 19.9 Å². The van der Waals surface area contributed by atoms with E-state index in [1.54, 1.807) is 16.0 Å². The van der Waals surface area contributed by atoms with Crippen LogP contribution in [-0.4, -0.2) is 27.6 Å². The highest BCUT2D eigenvalue weighted by Crippen LogP contribution is 2.12. The fourth-order valence-electron chi connectivity index (χ4n) is 1.64. The number of thiophene rings is 1. The largest absolute Gasteiger partial charge is 0.457 e. The van der Waals surface area contributed by atoms with Gasteiger partial charge in [0.05, 0.1) is 5.69 Å². The highest BCUT2D eigenvalue weighted by Gasteiger charge is 2.17. The van der Waals surface area contributed by atoms with Crippen molar-refractivity contribution in [2.24, 2.45) is 0 Å². The van der Waals surface area contributed by atoms with E-state index < -0.39 is 5.97 Å². The second-order valence-corrected chi connectivity index (χ2v) is 5.00. The molecular formula is C13H15N3O2S. The number of esters is 1. The molecule has 0 saturated carbocycles. The van der Waals surface area contributed by atoms with Gasteiger partial charge < -0.3 is 4.74 Å². The van der Waals surface area contributed by atoms with Gasteiger partial charge in [-0.05, 0) is 18.4 Å². The van der Waals surface area contributed by atoms with Crippen LogP contribution in [0.5, 0.6) is 0 Å². The molecule has 0 aliphatic rings. The lowest BCUT2D eigenvalue weighted by Gasteiger charge is -2.02. The molecule has 6 heteroatoms. The normalized spacial score (nSPS) is 10.4. The molecule has 0 fully saturated rings. The third kappa shape index (κ3) is 3.29. The van der Waals surface area contributed by atoms with Gasteiger partial charge in [0.1, 0.15) is 6.61 Å². The summed E-state index contributed by atoms with van der Waals surface area (Å²) in [6.45, 7) is 6.20. The molecule has 0 amide bonds.